The van der Waals surface area contributed by atoms with E-state index in [1.807, 2.05) is 13.1 Å². The van der Waals surface area contributed by atoms with E-state index in [-0.39, 0.29) is 0 Å². The summed E-state index contributed by atoms with van der Waals surface area (Å²) < 4.78 is 3.40. The monoisotopic (exact) mass is 263 g/mol. The summed E-state index contributed by atoms with van der Waals surface area (Å²) in [6.45, 7) is 0.617. The number of hydrogen-bond donors (Lipinski definition) is 1. The molecular weight excluding hydrogens is 254 g/mol. The fourth-order valence-corrected chi connectivity index (χ4v) is 1.84. The van der Waals surface area contributed by atoms with Crippen LogP contribution in [0.5, 0.6) is 0 Å². The lowest BCUT2D eigenvalue weighted by atomic mass is 10.4. The molecule has 0 aliphatic carbocycles. The number of aromatic nitrogens is 6. The fraction of sp³-hybridized carbons (Fsp3) is 0.200. The fourth-order valence-electron chi connectivity index (χ4n) is 1.67. The van der Waals surface area contributed by atoms with Crippen LogP contribution in [0, 0.1) is 0 Å². The predicted octanol–water partition coefficient (Wildman–Crippen LogP) is 1.12. The highest BCUT2D eigenvalue weighted by Crippen LogP contribution is 2.15. The van der Waals surface area contributed by atoms with Gasteiger partial charge in [-0.2, -0.15) is 24.7 Å². The Labute approximate surface area is 107 Å². The molecule has 0 radical (unpaired) electrons. The highest BCUT2D eigenvalue weighted by molar-refractivity contribution is 6.29. The SMILES string of the molecule is Cn1nccc1CNc1cc(Cl)nc2ncnn12. The molecule has 3 aromatic rings. The van der Waals surface area contributed by atoms with Gasteiger partial charge in [-0.3, -0.25) is 4.68 Å². The smallest absolute Gasteiger partial charge is 0.255 e. The molecule has 18 heavy (non-hydrogen) atoms. The molecule has 0 amide bonds. The maximum Gasteiger partial charge on any atom is 0.255 e. The topological polar surface area (TPSA) is 72.9 Å². The van der Waals surface area contributed by atoms with Gasteiger partial charge in [-0.15, -0.1) is 0 Å². The molecule has 3 heterocycles. The van der Waals surface area contributed by atoms with Crippen LogP contribution in [0.2, 0.25) is 5.15 Å². The third-order valence-electron chi connectivity index (χ3n) is 2.59. The molecule has 0 atom stereocenters. The number of halogens is 1. The lowest BCUT2D eigenvalue weighted by Gasteiger charge is -2.08. The van der Waals surface area contributed by atoms with Crippen molar-refractivity contribution < 1.29 is 0 Å². The summed E-state index contributed by atoms with van der Waals surface area (Å²) >= 11 is 5.92. The van der Waals surface area contributed by atoms with Crippen LogP contribution in [0.4, 0.5) is 5.82 Å². The zero-order chi connectivity index (χ0) is 12.5. The van der Waals surface area contributed by atoms with E-state index < -0.39 is 0 Å². The summed E-state index contributed by atoms with van der Waals surface area (Å²) in [7, 11) is 1.89. The van der Waals surface area contributed by atoms with E-state index in [9.17, 15) is 0 Å². The number of aryl methyl sites for hydroxylation is 1. The average molecular weight is 264 g/mol. The first kappa shape index (κ1) is 11.0. The summed E-state index contributed by atoms with van der Waals surface area (Å²) in [6, 6.07) is 3.65. The number of nitrogens with zero attached hydrogens (tertiary/aromatic N) is 6. The lowest BCUT2D eigenvalue weighted by Crippen LogP contribution is -2.09. The van der Waals surface area contributed by atoms with Crippen molar-refractivity contribution in [1.29, 1.82) is 0 Å². The normalized spacial score (nSPS) is 11.0. The van der Waals surface area contributed by atoms with Gasteiger partial charge < -0.3 is 5.32 Å². The Morgan fingerprint density at radius 3 is 3.06 bits per heavy atom. The molecule has 0 aromatic carbocycles. The van der Waals surface area contributed by atoms with Gasteiger partial charge in [0.15, 0.2) is 0 Å². The van der Waals surface area contributed by atoms with Crippen LogP contribution in [0.15, 0.2) is 24.7 Å². The van der Waals surface area contributed by atoms with Crippen LogP contribution in [0.25, 0.3) is 5.78 Å². The Morgan fingerprint density at radius 2 is 2.28 bits per heavy atom. The van der Waals surface area contributed by atoms with Crippen LogP contribution < -0.4 is 5.32 Å². The average Bonchev–Trinajstić information content (AvgIpc) is 2.94. The molecule has 3 rings (SSSR count). The maximum atomic E-state index is 5.92. The molecule has 0 unspecified atom stereocenters. The molecule has 0 aliphatic rings. The second-order valence-corrected chi connectivity index (χ2v) is 4.12. The first-order valence-corrected chi connectivity index (χ1v) is 5.69. The molecule has 0 spiro atoms. The van der Waals surface area contributed by atoms with Crippen LogP contribution in [0.1, 0.15) is 5.69 Å². The zero-order valence-corrected chi connectivity index (χ0v) is 10.3. The number of hydrogen-bond acceptors (Lipinski definition) is 5. The van der Waals surface area contributed by atoms with Crippen molar-refractivity contribution in [3.05, 3.63) is 35.5 Å². The van der Waals surface area contributed by atoms with Gasteiger partial charge in [-0.05, 0) is 6.07 Å². The van der Waals surface area contributed by atoms with Crippen molar-refractivity contribution >= 4 is 23.2 Å². The molecule has 3 aromatic heterocycles. The second-order valence-electron chi connectivity index (χ2n) is 3.74. The van der Waals surface area contributed by atoms with Crippen LogP contribution in [-0.4, -0.2) is 29.4 Å². The highest BCUT2D eigenvalue weighted by atomic mass is 35.5. The minimum atomic E-state index is 0.378. The maximum absolute atomic E-state index is 5.92. The quantitative estimate of drug-likeness (QED) is 0.717. The Hall–Kier alpha value is -2.15. The third kappa shape index (κ3) is 1.88. The van der Waals surface area contributed by atoms with Gasteiger partial charge in [0, 0.05) is 19.3 Å². The van der Waals surface area contributed by atoms with Crippen molar-refractivity contribution in [2.45, 2.75) is 6.54 Å². The molecule has 0 saturated heterocycles. The first-order chi connectivity index (χ1) is 8.74. The largest absolute Gasteiger partial charge is 0.364 e. The van der Waals surface area contributed by atoms with Gasteiger partial charge in [0.2, 0.25) is 0 Å². The van der Waals surface area contributed by atoms with E-state index in [2.05, 4.69) is 25.5 Å². The first-order valence-electron chi connectivity index (χ1n) is 5.31. The van der Waals surface area contributed by atoms with Crippen LogP contribution >= 0.6 is 11.6 Å². The van der Waals surface area contributed by atoms with E-state index in [4.69, 9.17) is 11.6 Å². The molecule has 0 aliphatic heterocycles. The van der Waals surface area contributed by atoms with E-state index in [1.54, 1.807) is 21.5 Å². The number of fused-ring (bicyclic) bond motifs is 1. The van der Waals surface area contributed by atoms with Gasteiger partial charge in [-0.1, -0.05) is 11.6 Å². The summed E-state index contributed by atoms with van der Waals surface area (Å²) in [5.41, 5.74) is 1.05. The Balaban J connectivity index is 1.90. The standard InChI is InChI=1S/C10H10ClN7/c1-17-7(2-3-14-17)5-12-9-4-8(11)16-10-13-6-15-18(9)10/h2-4,6,12H,5H2,1H3. The minimum absolute atomic E-state index is 0.378. The lowest BCUT2D eigenvalue weighted by molar-refractivity contribution is 0.718. The van der Waals surface area contributed by atoms with E-state index in [0.717, 1.165) is 11.5 Å². The molecule has 8 heteroatoms. The Bertz CT molecular complexity index is 686. The van der Waals surface area contributed by atoms with Gasteiger partial charge in [-0.25, -0.2) is 0 Å². The summed E-state index contributed by atoms with van der Waals surface area (Å²) in [5.74, 6) is 1.21. The van der Waals surface area contributed by atoms with E-state index in [1.165, 1.54) is 6.33 Å². The van der Waals surface area contributed by atoms with E-state index in [0.29, 0.717) is 17.5 Å². The van der Waals surface area contributed by atoms with Gasteiger partial charge in [0.25, 0.3) is 5.78 Å². The molecule has 92 valence electrons. The number of anilines is 1. The summed E-state index contributed by atoms with van der Waals surface area (Å²) in [4.78, 5) is 8.06. The Kier molecular flexibility index (Phi) is 2.60. The second kappa shape index (κ2) is 4.26. The minimum Gasteiger partial charge on any atom is -0.364 e. The molecule has 0 fully saturated rings. The predicted molar refractivity (Wildman–Crippen MR) is 66.3 cm³/mol. The van der Waals surface area contributed by atoms with E-state index >= 15 is 0 Å². The number of rotatable bonds is 3. The molecule has 1 N–H and O–H groups in total. The van der Waals surface area contributed by atoms with Crippen LogP contribution in [-0.2, 0) is 13.6 Å². The molecule has 0 saturated carbocycles. The molecule has 7 nitrogen and oxygen atoms in total. The van der Waals surface area contributed by atoms with Gasteiger partial charge in [0.1, 0.15) is 17.3 Å². The zero-order valence-electron chi connectivity index (χ0n) is 9.58. The number of nitrogens with one attached hydrogen (secondary N) is 1. The third-order valence-corrected chi connectivity index (χ3v) is 2.79. The van der Waals surface area contributed by atoms with Crippen LogP contribution in [0.3, 0.4) is 0 Å². The van der Waals surface area contributed by atoms with Crippen molar-refractivity contribution in [3.63, 3.8) is 0 Å². The van der Waals surface area contributed by atoms with Crippen molar-refractivity contribution in [2.75, 3.05) is 5.32 Å². The van der Waals surface area contributed by atoms with Gasteiger partial charge >= 0.3 is 0 Å². The van der Waals surface area contributed by atoms with Crippen molar-refractivity contribution in [3.8, 4) is 0 Å². The summed E-state index contributed by atoms with van der Waals surface area (Å²) in [5, 5.41) is 11.8. The van der Waals surface area contributed by atoms with Crippen molar-refractivity contribution in [1.82, 2.24) is 29.4 Å². The molecular formula is C10H10ClN7. The highest BCUT2D eigenvalue weighted by Gasteiger charge is 2.06. The Morgan fingerprint density at radius 1 is 1.39 bits per heavy atom. The van der Waals surface area contributed by atoms with Gasteiger partial charge in [0.05, 0.1) is 12.2 Å². The molecule has 0 bridgehead atoms. The summed E-state index contributed by atoms with van der Waals surface area (Å²) in [6.07, 6.45) is 3.19. The van der Waals surface area contributed by atoms with Crippen molar-refractivity contribution in [2.24, 2.45) is 7.05 Å².